The highest BCUT2D eigenvalue weighted by Crippen LogP contribution is 2.28. The first-order valence-electron chi connectivity index (χ1n) is 7.16. The van der Waals surface area contributed by atoms with E-state index in [-0.39, 0.29) is 0 Å². The van der Waals surface area contributed by atoms with Crippen molar-refractivity contribution in [1.29, 1.82) is 0 Å². The van der Waals surface area contributed by atoms with Crippen molar-refractivity contribution in [3.8, 4) is 17.1 Å². The third-order valence-corrected chi connectivity index (χ3v) is 3.85. The van der Waals surface area contributed by atoms with Crippen molar-refractivity contribution in [2.75, 3.05) is 7.11 Å². The monoisotopic (exact) mass is 329 g/mol. The highest BCUT2D eigenvalue weighted by Gasteiger charge is 2.15. The maximum absolute atomic E-state index is 6.08. The van der Waals surface area contributed by atoms with E-state index in [1.807, 2.05) is 38.1 Å². The van der Waals surface area contributed by atoms with Crippen LogP contribution >= 0.6 is 11.6 Å². The Bertz CT molecular complexity index is 826. The number of hydrogen-bond donors (Lipinski definition) is 0. The topological polar surface area (TPSA) is 61.0 Å². The summed E-state index contributed by atoms with van der Waals surface area (Å²) >= 11 is 6.08. The van der Waals surface area contributed by atoms with E-state index in [2.05, 4.69) is 10.1 Å². The van der Waals surface area contributed by atoms with Crippen molar-refractivity contribution in [3.63, 3.8) is 0 Å². The van der Waals surface area contributed by atoms with Crippen LogP contribution < -0.4 is 4.74 Å². The van der Waals surface area contributed by atoms with Gasteiger partial charge in [-0.1, -0.05) is 28.9 Å². The minimum Gasteiger partial charge on any atom is -0.479 e. The van der Waals surface area contributed by atoms with E-state index in [9.17, 15) is 0 Å². The van der Waals surface area contributed by atoms with Gasteiger partial charge >= 0.3 is 0 Å². The van der Waals surface area contributed by atoms with Crippen molar-refractivity contribution in [3.05, 3.63) is 58.2 Å². The molecular weight excluding hydrogens is 314 g/mol. The number of rotatable bonds is 4. The van der Waals surface area contributed by atoms with Gasteiger partial charge in [-0.3, -0.25) is 0 Å². The van der Waals surface area contributed by atoms with E-state index in [1.165, 1.54) is 0 Å². The van der Waals surface area contributed by atoms with Gasteiger partial charge in [-0.05, 0) is 26.0 Å². The first-order valence-corrected chi connectivity index (χ1v) is 7.54. The van der Waals surface area contributed by atoms with Gasteiger partial charge < -0.3 is 9.26 Å². The molecular formula is C17H16ClN3O2. The number of ether oxygens (including phenoxy) is 1. The molecule has 0 spiro atoms. The van der Waals surface area contributed by atoms with E-state index in [4.69, 9.17) is 25.8 Å². The Hall–Kier alpha value is -2.40. The Kier molecular flexibility index (Phi) is 4.30. The molecule has 1 aromatic carbocycles. The third kappa shape index (κ3) is 3.19. The fourth-order valence-electron chi connectivity index (χ4n) is 2.41. The second kappa shape index (κ2) is 6.38. The Morgan fingerprint density at radius 2 is 2.09 bits per heavy atom. The minimum atomic E-state index is 0.467. The maximum atomic E-state index is 6.08. The molecule has 6 heteroatoms. The van der Waals surface area contributed by atoms with Gasteiger partial charge in [0.25, 0.3) is 0 Å². The lowest BCUT2D eigenvalue weighted by molar-refractivity contribution is 0.392. The molecule has 0 atom stereocenters. The molecule has 0 N–H and O–H groups in total. The van der Waals surface area contributed by atoms with Crippen LogP contribution in [0.25, 0.3) is 11.3 Å². The summed E-state index contributed by atoms with van der Waals surface area (Å²) < 4.78 is 10.5. The summed E-state index contributed by atoms with van der Waals surface area (Å²) in [5, 5.41) is 4.61. The predicted molar refractivity (Wildman–Crippen MR) is 87.8 cm³/mol. The fourth-order valence-corrected chi connectivity index (χ4v) is 2.60. The molecule has 0 unspecified atom stereocenters. The molecule has 0 saturated carbocycles. The zero-order valence-corrected chi connectivity index (χ0v) is 13.9. The molecule has 3 aromatic rings. The van der Waals surface area contributed by atoms with Crippen LogP contribution in [0.3, 0.4) is 0 Å². The zero-order valence-electron chi connectivity index (χ0n) is 13.1. The van der Waals surface area contributed by atoms with Crippen LogP contribution in [-0.4, -0.2) is 22.2 Å². The van der Waals surface area contributed by atoms with E-state index in [0.29, 0.717) is 23.0 Å². The first kappa shape index (κ1) is 15.5. The van der Waals surface area contributed by atoms with Crippen LogP contribution in [0.1, 0.15) is 22.7 Å². The molecule has 5 nitrogen and oxygen atoms in total. The lowest BCUT2D eigenvalue weighted by Gasteiger charge is -2.09. The van der Waals surface area contributed by atoms with Gasteiger partial charge in [-0.15, -0.1) is 0 Å². The predicted octanol–water partition coefficient (Wildman–Crippen LogP) is 4.00. The van der Waals surface area contributed by atoms with E-state index >= 15 is 0 Å². The van der Waals surface area contributed by atoms with Gasteiger partial charge in [0.1, 0.15) is 11.5 Å². The third-order valence-electron chi connectivity index (χ3n) is 3.62. The molecule has 0 aliphatic rings. The summed E-state index contributed by atoms with van der Waals surface area (Å²) in [6.07, 6.45) is 2.31. The Morgan fingerprint density at radius 1 is 1.26 bits per heavy atom. The summed E-state index contributed by atoms with van der Waals surface area (Å²) in [5.41, 5.74) is 4.24. The number of methoxy groups -OCH3 is 1. The quantitative estimate of drug-likeness (QED) is 0.724. The number of halogens is 1. The van der Waals surface area contributed by atoms with Gasteiger partial charge in [-0.25, -0.2) is 9.97 Å². The first-order chi connectivity index (χ1) is 11.1. The number of nitrogens with zero attached hydrogens (tertiary/aromatic N) is 3. The smallest absolute Gasteiger partial charge is 0.240 e. The highest BCUT2D eigenvalue weighted by atomic mass is 35.5. The number of aromatic nitrogens is 3. The maximum Gasteiger partial charge on any atom is 0.240 e. The van der Waals surface area contributed by atoms with Crippen LogP contribution in [-0.2, 0) is 6.42 Å². The minimum absolute atomic E-state index is 0.467. The lowest BCUT2D eigenvalue weighted by atomic mass is 10.1. The van der Waals surface area contributed by atoms with Crippen molar-refractivity contribution in [2.24, 2.45) is 0 Å². The largest absolute Gasteiger partial charge is 0.479 e. The van der Waals surface area contributed by atoms with Crippen LogP contribution in [0.5, 0.6) is 5.88 Å². The number of aryl methyl sites for hydroxylation is 2. The van der Waals surface area contributed by atoms with Crippen molar-refractivity contribution >= 4 is 11.6 Å². The summed E-state index contributed by atoms with van der Waals surface area (Å²) in [4.78, 5) is 9.06. The molecule has 0 aliphatic heterocycles. The van der Waals surface area contributed by atoms with Crippen molar-refractivity contribution in [1.82, 2.24) is 15.1 Å². The Morgan fingerprint density at radius 3 is 2.74 bits per heavy atom. The van der Waals surface area contributed by atoms with Crippen LogP contribution in [0, 0.1) is 13.8 Å². The van der Waals surface area contributed by atoms with Gasteiger partial charge in [-0.2, -0.15) is 0 Å². The normalized spacial score (nSPS) is 10.8. The average molecular weight is 330 g/mol. The number of benzene rings is 1. The molecule has 0 bridgehead atoms. The van der Waals surface area contributed by atoms with Gasteiger partial charge in [0.2, 0.25) is 5.88 Å². The molecule has 0 amide bonds. The van der Waals surface area contributed by atoms with Gasteiger partial charge in [0.15, 0.2) is 0 Å². The molecule has 2 aromatic heterocycles. The van der Waals surface area contributed by atoms with E-state index in [0.717, 1.165) is 28.3 Å². The average Bonchev–Trinajstić information content (AvgIpc) is 2.87. The molecule has 3 rings (SSSR count). The summed E-state index contributed by atoms with van der Waals surface area (Å²) in [5.74, 6) is 1.26. The molecule has 0 radical (unpaired) electrons. The molecule has 23 heavy (non-hydrogen) atoms. The fraction of sp³-hybridized carbons (Fsp3) is 0.235. The SMILES string of the molecule is COc1ncc(Cc2c(C)noc2C)nc1-c1cccc(Cl)c1. The van der Waals surface area contributed by atoms with Gasteiger partial charge in [0.05, 0.1) is 24.7 Å². The molecule has 0 fully saturated rings. The summed E-state index contributed by atoms with van der Waals surface area (Å²) in [6, 6.07) is 7.46. The second-order valence-corrected chi connectivity index (χ2v) is 5.65. The molecule has 0 saturated heterocycles. The molecule has 2 heterocycles. The van der Waals surface area contributed by atoms with Crippen molar-refractivity contribution < 1.29 is 9.26 Å². The highest BCUT2D eigenvalue weighted by molar-refractivity contribution is 6.30. The van der Waals surface area contributed by atoms with E-state index < -0.39 is 0 Å². The Labute approximate surface area is 139 Å². The lowest BCUT2D eigenvalue weighted by Crippen LogP contribution is -2.01. The van der Waals surface area contributed by atoms with E-state index in [1.54, 1.807) is 13.3 Å². The zero-order chi connectivity index (χ0) is 16.4. The standard InChI is InChI=1S/C17H16ClN3O2/c1-10-15(11(2)23-21-10)8-14-9-19-17(22-3)16(20-14)12-5-4-6-13(18)7-12/h4-7,9H,8H2,1-3H3. The van der Waals surface area contributed by atoms with Crippen LogP contribution in [0.2, 0.25) is 5.02 Å². The van der Waals surface area contributed by atoms with Crippen LogP contribution in [0.4, 0.5) is 0 Å². The number of hydrogen-bond acceptors (Lipinski definition) is 5. The van der Waals surface area contributed by atoms with Gasteiger partial charge in [0, 0.05) is 22.6 Å². The van der Waals surface area contributed by atoms with Crippen molar-refractivity contribution in [2.45, 2.75) is 20.3 Å². The van der Waals surface area contributed by atoms with Crippen LogP contribution in [0.15, 0.2) is 35.0 Å². The summed E-state index contributed by atoms with van der Waals surface area (Å²) in [6.45, 7) is 3.81. The summed E-state index contributed by atoms with van der Waals surface area (Å²) in [7, 11) is 1.58. The Balaban J connectivity index is 2.03. The molecule has 118 valence electrons. The molecule has 0 aliphatic carbocycles. The second-order valence-electron chi connectivity index (χ2n) is 5.21.